The van der Waals surface area contributed by atoms with Crippen molar-refractivity contribution in [3.8, 4) is 17.2 Å². The zero-order valence-corrected chi connectivity index (χ0v) is 15.9. The van der Waals surface area contributed by atoms with Gasteiger partial charge in [0.1, 0.15) is 20.6 Å². The van der Waals surface area contributed by atoms with Crippen LogP contribution in [0.3, 0.4) is 0 Å². The van der Waals surface area contributed by atoms with E-state index >= 15 is 0 Å². The third kappa shape index (κ3) is 5.76. The van der Waals surface area contributed by atoms with Crippen molar-refractivity contribution < 1.29 is 38.0 Å². The van der Waals surface area contributed by atoms with Gasteiger partial charge in [-0.3, -0.25) is 0 Å². The van der Waals surface area contributed by atoms with Crippen molar-refractivity contribution in [3.63, 3.8) is 0 Å². The molecular weight excluding hydrogens is 357 g/mol. The van der Waals surface area contributed by atoms with E-state index in [2.05, 4.69) is 5.32 Å². The minimum atomic E-state index is -0.713. The zero-order valence-electron chi connectivity index (χ0n) is 15.9. The second-order valence-corrected chi connectivity index (χ2v) is 5.90. The first-order valence-electron chi connectivity index (χ1n) is 8.47. The van der Waals surface area contributed by atoms with E-state index in [-0.39, 0.29) is 24.3 Å². The van der Waals surface area contributed by atoms with E-state index < -0.39 is 18.5 Å². The van der Waals surface area contributed by atoms with Gasteiger partial charge in [0.25, 0.3) is 0 Å². The summed E-state index contributed by atoms with van der Waals surface area (Å²) in [6.45, 7) is 0.947. The molecule has 1 aromatic carbocycles. The summed E-state index contributed by atoms with van der Waals surface area (Å²) in [4.78, 5) is 24.0. The fourth-order valence-corrected chi connectivity index (χ4v) is 2.60. The van der Waals surface area contributed by atoms with Gasteiger partial charge >= 0.3 is 11.9 Å². The third-order valence-electron chi connectivity index (χ3n) is 3.88. The Morgan fingerprint density at radius 3 is 2.33 bits per heavy atom. The van der Waals surface area contributed by atoms with Gasteiger partial charge in [0.05, 0.1) is 26.9 Å². The van der Waals surface area contributed by atoms with E-state index in [9.17, 15) is 9.59 Å². The van der Waals surface area contributed by atoms with Gasteiger partial charge in [0, 0.05) is 19.1 Å². The molecule has 1 N–H and O–H groups in total. The molecule has 0 radical (unpaired) electrons. The second kappa shape index (κ2) is 10.0. The lowest BCUT2D eigenvalue weighted by molar-refractivity contribution is -0.152. The number of carbonyl (C=O) groups is 2. The van der Waals surface area contributed by atoms with E-state index in [1.165, 1.54) is 33.5 Å². The highest BCUT2D eigenvalue weighted by molar-refractivity contribution is 6.11. The molecule has 0 aromatic heterocycles. The lowest BCUT2D eigenvalue weighted by Crippen LogP contribution is -2.47. The van der Waals surface area contributed by atoms with Crippen LogP contribution < -0.4 is 19.5 Å². The Hall–Kier alpha value is -2.46. The Bertz CT molecular complexity index is 643. The summed E-state index contributed by atoms with van der Waals surface area (Å²) in [5.74, 6) is -0.399. The number of methoxy groups -OCH3 is 3. The first-order valence-corrected chi connectivity index (χ1v) is 8.47. The highest BCUT2D eigenvalue weighted by Crippen LogP contribution is 2.38. The molecule has 2 unspecified atom stereocenters. The van der Waals surface area contributed by atoms with Crippen molar-refractivity contribution in [3.05, 3.63) is 17.7 Å². The van der Waals surface area contributed by atoms with Crippen molar-refractivity contribution in [1.82, 2.24) is 5.32 Å². The Morgan fingerprint density at radius 2 is 1.78 bits per heavy atom. The van der Waals surface area contributed by atoms with Crippen molar-refractivity contribution in [2.75, 3.05) is 47.6 Å². The fraction of sp³-hybridized carbons (Fsp3) is 0.529. The van der Waals surface area contributed by atoms with E-state index in [1.807, 2.05) is 7.85 Å². The maximum atomic E-state index is 12.2. The number of morpholine rings is 1. The molecule has 1 saturated heterocycles. The Morgan fingerprint density at radius 1 is 1.11 bits per heavy atom. The van der Waals surface area contributed by atoms with Crippen molar-refractivity contribution >= 4 is 19.8 Å². The molecule has 2 rings (SSSR count). The topological polar surface area (TPSA) is 102 Å². The zero-order chi connectivity index (χ0) is 19.8. The van der Waals surface area contributed by atoms with Crippen molar-refractivity contribution in [2.45, 2.75) is 12.1 Å². The molecule has 27 heavy (non-hydrogen) atoms. The summed E-state index contributed by atoms with van der Waals surface area (Å²) in [7, 11) is 6.26. The van der Waals surface area contributed by atoms with Crippen molar-refractivity contribution in [2.24, 2.45) is 0 Å². The maximum Gasteiger partial charge on any atom is 0.344 e. The molecule has 1 fully saturated rings. The molecule has 0 spiro atoms. The first-order chi connectivity index (χ1) is 13.0. The van der Waals surface area contributed by atoms with Gasteiger partial charge < -0.3 is 33.7 Å². The maximum absolute atomic E-state index is 12.2. The number of hydrogen-bond donors (Lipinski definition) is 1. The largest absolute Gasteiger partial charge is 0.493 e. The van der Waals surface area contributed by atoms with Crippen LogP contribution in [-0.4, -0.2) is 79.5 Å². The first kappa shape index (κ1) is 20.9. The minimum absolute atomic E-state index is 0.0558. The predicted molar refractivity (Wildman–Crippen MR) is 97.4 cm³/mol. The highest BCUT2D eigenvalue weighted by Gasteiger charge is 2.21. The van der Waals surface area contributed by atoms with E-state index in [0.717, 1.165) is 6.54 Å². The summed E-state index contributed by atoms with van der Waals surface area (Å²) in [5, 5.41) is 3.18. The number of nitrogens with one attached hydrogen (secondary N) is 1. The number of hydrogen-bond acceptors (Lipinski definition) is 9. The average molecular weight is 381 g/mol. The van der Waals surface area contributed by atoms with Crippen LogP contribution in [-0.2, 0) is 19.0 Å². The molecular formula is C17H24BNO8. The molecule has 9 nitrogen and oxygen atoms in total. The summed E-state index contributed by atoms with van der Waals surface area (Å²) in [6, 6.07) is 2.94. The van der Waals surface area contributed by atoms with Gasteiger partial charge in [0.15, 0.2) is 18.1 Å². The number of ether oxygens (including phenoxy) is 6. The molecule has 0 saturated carbocycles. The molecule has 1 heterocycles. The Kier molecular flexibility index (Phi) is 7.74. The van der Waals surface area contributed by atoms with Crippen LogP contribution in [0, 0.1) is 0 Å². The van der Waals surface area contributed by atoms with Gasteiger partial charge in [-0.05, 0) is 12.1 Å². The van der Waals surface area contributed by atoms with Gasteiger partial charge in [-0.25, -0.2) is 9.59 Å². The number of benzene rings is 1. The average Bonchev–Trinajstić information content (AvgIpc) is 2.69. The lowest BCUT2D eigenvalue weighted by atomic mass is 9.98. The van der Waals surface area contributed by atoms with Gasteiger partial charge in [0.2, 0.25) is 5.75 Å². The number of carbonyl (C=O) groups excluding carboxylic acids is 2. The molecule has 0 bridgehead atoms. The fourth-order valence-electron chi connectivity index (χ4n) is 2.60. The highest BCUT2D eigenvalue weighted by atomic mass is 16.6. The Labute approximate surface area is 158 Å². The van der Waals surface area contributed by atoms with Crippen LogP contribution >= 0.6 is 0 Å². The Balaban J connectivity index is 1.88. The van der Waals surface area contributed by atoms with Crippen LogP contribution in [0.1, 0.15) is 10.4 Å². The molecule has 0 amide bonds. The third-order valence-corrected chi connectivity index (χ3v) is 3.88. The SMILES string of the molecule is BC1CNCC(COC(=O)COC(=O)c2cc(OC)c(OC)c(OC)c2)O1. The standard InChI is InChI=1S/C17H24BNO8/c1-22-12-4-10(5-13(23-2)16(12)24-3)17(21)26-9-15(20)25-8-11-6-19-7-14(18)27-11/h4-5,11,14,19H,6-9,18H2,1-3H3. The van der Waals surface area contributed by atoms with Crippen LogP contribution in [0.4, 0.5) is 0 Å². The molecule has 10 heteroatoms. The van der Waals surface area contributed by atoms with E-state index in [4.69, 9.17) is 28.4 Å². The predicted octanol–water partition coefficient (Wildman–Crippen LogP) is -0.640. The van der Waals surface area contributed by atoms with Crippen LogP contribution in [0.15, 0.2) is 12.1 Å². The lowest BCUT2D eigenvalue weighted by Gasteiger charge is -2.28. The molecule has 1 aromatic rings. The van der Waals surface area contributed by atoms with Crippen LogP contribution in [0.5, 0.6) is 17.2 Å². The summed E-state index contributed by atoms with van der Waals surface area (Å²) in [6.07, 6.45) is -0.219. The van der Waals surface area contributed by atoms with Gasteiger partial charge in [-0.2, -0.15) is 0 Å². The molecule has 1 aliphatic heterocycles. The van der Waals surface area contributed by atoms with Gasteiger partial charge in [-0.1, -0.05) is 0 Å². The summed E-state index contributed by atoms with van der Waals surface area (Å²) < 4.78 is 31.3. The van der Waals surface area contributed by atoms with Crippen LogP contribution in [0.2, 0.25) is 0 Å². The second-order valence-electron chi connectivity index (χ2n) is 5.90. The minimum Gasteiger partial charge on any atom is -0.493 e. The van der Waals surface area contributed by atoms with E-state index in [1.54, 1.807) is 0 Å². The molecule has 148 valence electrons. The monoisotopic (exact) mass is 381 g/mol. The summed E-state index contributed by atoms with van der Waals surface area (Å²) >= 11 is 0. The van der Waals surface area contributed by atoms with Crippen molar-refractivity contribution in [1.29, 1.82) is 0 Å². The normalized spacial score (nSPS) is 19.1. The van der Waals surface area contributed by atoms with E-state index in [0.29, 0.717) is 23.8 Å². The molecule has 2 atom stereocenters. The summed E-state index contributed by atoms with van der Waals surface area (Å²) in [5.41, 5.74) is 0.158. The van der Waals surface area contributed by atoms with Gasteiger partial charge in [-0.15, -0.1) is 0 Å². The quantitative estimate of drug-likeness (QED) is 0.465. The number of rotatable bonds is 8. The smallest absolute Gasteiger partial charge is 0.344 e. The number of esters is 2. The molecule has 0 aliphatic carbocycles. The molecule has 1 aliphatic rings. The van der Waals surface area contributed by atoms with Crippen LogP contribution in [0.25, 0.3) is 0 Å².